The quantitative estimate of drug-likeness (QED) is 0.496. The summed E-state index contributed by atoms with van der Waals surface area (Å²) in [7, 11) is 0. The molecule has 1 aliphatic heterocycles. The summed E-state index contributed by atoms with van der Waals surface area (Å²) in [5.41, 5.74) is 4.80. The first-order chi connectivity index (χ1) is 11.4. The number of anilines is 1. The molecule has 4 rings (SSSR count). The lowest BCUT2D eigenvalue weighted by Crippen LogP contribution is -2.44. The number of hydrogen-bond acceptors (Lipinski definition) is 8. The molecule has 24 heavy (non-hydrogen) atoms. The molecule has 9 heteroatoms. The molecule has 0 unspecified atom stereocenters. The second-order valence-electron chi connectivity index (χ2n) is 6.18. The lowest BCUT2D eigenvalue weighted by atomic mass is 9.97. The van der Waals surface area contributed by atoms with Gasteiger partial charge in [0.2, 0.25) is 0 Å². The summed E-state index contributed by atoms with van der Waals surface area (Å²) < 4.78 is 7.03. The maximum absolute atomic E-state index is 10.6. The maximum atomic E-state index is 10.6. The van der Waals surface area contributed by atoms with Crippen LogP contribution in [0, 0.1) is 0 Å². The highest BCUT2D eigenvalue weighted by molar-refractivity contribution is 6.12. The van der Waals surface area contributed by atoms with Gasteiger partial charge in [-0.3, -0.25) is 0 Å². The molecule has 0 aliphatic carbocycles. The summed E-state index contributed by atoms with van der Waals surface area (Å²) in [4.78, 5) is 0. The third-order valence-electron chi connectivity index (χ3n) is 4.53. The zero-order valence-electron chi connectivity index (χ0n) is 12.9. The second-order valence-corrected chi connectivity index (χ2v) is 6.18. The Balaban J connectivity index is 1.92. The molecule has 126 valence electrons. The number of aromatic nitrogens is 4. The van der Waals surface area contributed by atoms with Gasteiger partial charge in [-0.15, -0.1) is 5.10 Å². The number of rotatable bonds is 2. The normalized spacial score (nSPS) is 30.4. The Labute approximate surface area is 136 Å². The van der Waals surface area contributed by atoms with E-state index in [1.165, 1.54) is 17.8 Å². The molecule has 2 aromatic heterocycles. The summed E-state index contributed by atoms with van der Waals surface area (Å²) in [6.07, 6.45) is 0.0849. The van der Waals surface area contributed by atoms with Crippen LogP contribution in [0.2, 0.25) is 0 Å². The van der Waals surface area contributed by atoms with E-state index in [1.54, 1.807) is 6.20 Å². The smallest absolute Gasteiger partial charge is 0.181 e. The van der Waals surface area contributed by atoms with E-state index in [1.807, 2.05) is 12.1 Å². The minimum Gasteiger partial charge on any atom is -0.394 e. The van der Waals surface area contributed by atoms with Crippen LogP contribution in [0.1, 0.15) is 13.2 Å². The van der Waals surface area contributed by atoms with Gasteiger partial charge in [-0.25, -0.2) is 4.68 Å². The van der Waals surface area contributed by atoms with Crippen molar-refractivity contribution in [2.24, 2.45) is 0 Å². The molecule has 3 aromatic rings. The number of aliphatic hydroxyl groups excluding tert-OH is 2. The van der Waals surface area contributed by atoms with E-state index in [2.05, 4.69) is 15.3 Å². The number of ether oxygens (including phenoxy) is 1. The Kier molecular flexibility index (Phi) is 3.22. The molecular formula is C15H17N5O4. The van der Waals surface area contributed by atoms with Crippen LogP contribution in [-0.2, 0) is 4.74 Å². The van der Waals surface area contributed by atoms with Crippen molar-refractivity contribution in [3.05, 3.63) is 24.5 Å². The molecule has 5 N–H and O–H groups in total. The van der Waals surface area contributed by atoms with E-state index in [4.69, 9.17) is 10.5 Å². The fraction of sp³-hybridized carbons (Fsp3) is 0.400. The summed E-state index contributed by atoms with van der Waals surface area (Å²) in [5.74, 6) is 0.305. The van der Waals surface area contributed by atoms with Crippen molar-refractivity contribution in [2.45, 2.75) is 31.0 Å². The third-order valence-corrected chi connectivity index (χ3v) is 4.53. The molecule has 0 bridgehead atoms. The number of nitrogens with two attached hydrogens (primary N) is 1. The molecule has 0 radical (unpaired) electrons. The zero-order chi connectivity index (χ0) is 17.1. The van der Waals surface area contributed by atoms with Gasteiger partial charge >= 0.3 is 0 Å². The van der Waals surface area contributed by atoms with Gasteiger partial charge in [0, 0.05) is 22.4 Å². The van der Waals surface area contributed by atoms with E-state index in [9.17, 15) is 15.3 Å². The Morgan fingerprint density at radius 2 is 2.21 bits per heavy atom. The molecule has 1 aromatic carbocycles. The largest absolute Gasteiger partial charge is 0.394 e. The summed E-state index contributed by atoms with van der Waals surface area (Å²) in [6.45, 7) is 1.04. The molecule has 1 fully saturated rings. The lowest BCUT2D eigenvalue weighted by Gasteiger charge is -2.27. The van der Waals surface area contributed by atoms with Crippen LogP contribution in [0.3, 0.4) is 0 Å². The summed E-state index contributed by atoms with van der Waals surface area (Å²) in [5, 5.41) is 44.6. The van der Waals surface area contributed by atoms with Crippen LogP contribution in [0.15, 0.2) is 24.5 Å². The first-order valence-corrected chi connectivity index (χ1v) is 7.49. The SMILES string of the molecule is C[C@@]1(O)[C@H](O)[C@@H](CO)O[C@H]1n1cc2ccc3c(N)nncc(n1)c23. The highest BCUT2D eigenvalue weighted by Gasteiger charge is 2.53. The first-order valence-electron chi connectivity index (χ1n) is 7.49. The average molecular weight is 331 g/mol. The minimum atomic E-state index is -1.61. The van der Waals surface area contributed by atoms with Crippen LogP contribution in [0.5, 0.6) is 0 Å². The Bertz CT molecular complexity index is 925. The van der Waals surface area contributed by atoms with Crippen LogP contribution in [0.25, 0.3) is 21.7 Å². The number of aliphatic hydroxyl groups is 3. The van der Waals surface area contributed by atoms with Gasteiger partial charge in [0.15, 0.2) is 12.0 Å². The summed E-state index contributed by atoms with van der Waals surface area (Å²) in [6, 6.07) is 3.68. The highest BCUT2D eigenvalue weighted by atomic mass is 16.6. The third kappa shape index (κ3) is 1.99. The van der Waals surface area contributed by atoms with Gasteiger partial charge in [-0.2, -0.15) is 10.2 Å². The second kappa shape index (κ2) is 5.08. The topological polar surface area (TPSA) is 140 Å². The van der Waals surface area contributed by atoms with Gasteiger partial charge in [0.1, 0.15) is 23.3 Å². The van der Waals surface area contributed by atoms with Gasteiger partial charge in [0.25, 0.3) is 0 Å². The maximum Gasteiger partial charge on any atom is 0.181 e. The van der Waals surface area contributed by atoms with Crippen molar-refractivity contribution in [3.8, 4) is 0 Å². The van der Waals surface area contributed by atoms with Crippen molar-refractivity contribution in [2.75, 3.05) is 12.3 Å². The first kappa shape index (κ1) is 15.2. The molecule has 1 saturated heterocycles. The van der Waals surface area contributed by atoms with Crippen molar-refractivity contribution in [1.82, 2.24) is 20.0 Å². The summed E-state index contributed by atoms with van der Waals surface area (Å²) >= 11 is 0. The Morgan fingerprint density at radius 1 is 1.42 bits per heavy atom. The number of hydrogen-bond donors (Lipinski definition) is 4. The lowest BCUT2D eigenvalue weighted by molar-refractivity contribution is -0.102. The standard InChI is InChI=1S/C15H17N5O4/c1-15(23)12(22)10(6-21)24-14(15)20-5-7-2-3-8-11(7)9(19-20)4-17-18-13(8)16/h2-5,10,12,14,21-23H,6H2,1H3,(H2,16,18)/t10-,12-,14-,15-/m1/s1. The van der Waals surface area contributed by atoms with Crippen LogP contribution >= 0.6 is 0 Å². The monoisotopic (exact) mass is 331 g/mol. The van der Waals surface area contributed by atoms with Crippen LogP contribution < -0.4 is 5.73 Å². The zero-order valence-corrected chi connectivity index (χ0v) is 12.9. The van der Waals surface area contributed by atoms with Crippen molar-refractivity contribution in [3.63, 3.8) is 0 Å². The van der Waals surface area contributed by atoms with Crippen LogP contribution in [0.4, 0.5) is 5.82 Å². The molecular weight excluding hydrogens is 314 g/mol. The predicted octanol–water partition coefficient (Wildman–Crippen LogP) is -0.437. The average Bonchev–Trinajstić information content (AvgIpc) is 3.01. The fourth-order valence-electron chi connectivity index (χ4n) is 3.23. The number of nitrogen functional groups attached to an aromatic ring is 1. The number of nitrogens with zero attached hydrogens (tertiary/aromatic N) is 4. The van der Waals surface area contributed by atoms with Gasteiger partial charge in [0.05, 0.1) is 12.8 Å². The molecule has 0 spiro atoms. The Hall–Kier alpha value is -2.33. The van der Waals surface area contributed by atoms with Crippen molar-refractivity contribution in [1.29, 1.82) is 0 Å². The molecule has 0 saturated carbocycles. The molecule has 9 nitrogen and oxygen atoms in total. The van der Waals surface area contributed by atoms with Gasteiger partial charge < -0.3 is 25.8 Å². The minimum absolute atomic E-state index is 0.305. The van der Waals surface area contributed by atoms with E-state index in [0.29, 0.717) is 11.3 Å². The van der Waals surface area contributed by atoms with E-state index >= 15 is 0 Å². The van der Waals surface area contributed by atoms with Gasteiger partial charge in [-0.05, 0) is 13.0 Å². The Morgan fingerprint density at radius 3 is 2.92 bits per heavy atom. The van der Waals surface area contributed by atoms with E-state index in [0.717, 1.165) is 16.2 Å². The molecule has 1 aliphatic rings. The van der Waals surface area contributed by atoms with Crippen LogP contribution in [-0.4, -0.2) is 59.7 Å². The van der Waals surface area contributed by atoms with Crippen molar-refractivity contribution < 1.29 is 20.1 Å². The van der Waals surface area contributed by atoms with E-state index < -0.39 is 30.6 Å². The molecule has 3 heterocycles. The fourth-order valence-corrected chi connectivity index (χ4v) is 3.23. The van der Waals surface area contributed by atoms with E-state index in [-0.39, 0.29) is 0 Å². The molecule has 4 atom stereocenters. The predicted molar refractivity (Wildman–Crippen MR) is 84.9 cm³/mol. The molecule has 0 amide bonds. The van der Waals surface area contributed by atoms with Gasteiger partial charge in [-0.1, -0.05) is 6.07 Å². The van der Waals surface area contributed by atoms with Crippen molar-refractivity contribution >= 4 is 27.5 Å². The highest BCUT2D eigenvalue weighted by Crippen LogP contribution is 2.39.